The summed E-state index contributed by atoms with van der Waals surface area (Å²) in [7, 11) is 0. The summed E-state index contributed by atoms with van der Waals surface area (Å²) in [5, 5.41) is 26.2. The van der Waals surface area contributed by atoms with E-state index in [-0.39, 0.29) is 24.9 Å². The van der Waals surface area contributed by atoms with Crippen molar-refractivity contribution >= 4 is 11.7 Å². The van der Waals surface area contributed by atoms with Gasteiger partial charge >= 0.3 is 0 Å². The molecule has 0 saturated carbocycles. The summed E-state index contributed by atoms with van der Waals surface area (Å²) in [5.74, 6) is 0.0397. The SMILES string of the molecule is CCC[C@]1(CO)CCN(C(=O)c2cc(N)n[nH]2)C[C@H]1O. The van der Waals surface area contributed by atoms with Crippen molar-refractivity contribution in [2.24, 2.45) is 5.41 Å². The maximum absolute atomic E-state index is 12.2. The third kappa shape index (κ3) is 2.64. The molecule has 20 heavy (non-hydrogen) atoms. The van der Waals surface area contributed by atoms with Crippen LogP contribution in [0.15, 0.2) is 6.07 Å². The first-order valence-corrected chi connectivity index (χ1v) is 6.91. The first-order chi connectivity index (χ1) is 9.52. The van der Waals surface area contributed by atoms with Gasteiger partial charge < -0.3 is 20.8 Å². The molecule has 0 spiro atoms. The lowest BCUT2D eigenvalue weighted by Crippen LogP contribution is -2.54. The smallest absolute Gasteiger partial charge is 0.272 e. The van der Waals surface area contributed by atoms with Crippen molar-refractivity contribution in [3.05, 3.63) is 11.8 Å². The quantitative estimate of drug-likeness (QED) is 0.619. The van der Waals surface area contributed by atoms with Crippen LogP contribution < -0.4 is 5.73 Å². The van der Waals surface area contributed by atoms with Gasteiger partial charge in [0.2, 0.25) is 0 Å². The van der Waals surface area contributed by atoms with E-state index >= 15 is 0 Å². The minimum absolute atomic E-state index is 0.0545. The summed E-state index contributed by atoms with van der Waals surface area (Å²) in [6.07, 6.45) is 1.52. The number of aliphatic hydroxyl groups excluding tert-OH is 2. The minimum Gasteiger partial charge on any atom is -0.396 e. The van der Waals surface area contributed by atoms with Gasteiger partial charge in [-0.05, 0) is 12.8 Å². The highest BCUT2D eigenvalue weighted by atomic mass is 16.3. The lowest BCUT2D eigenvalue weighted by atomic mass is 9.73. The standard InChI is InChI=1S/C13H22N4O3/c1-2-3-13(8-18)4-5-17(7-10(13)19)12(20)9-6-11(14)16-15-9/h6,10,18-19H,2-5,7-8H2,1H3,(H3,14,15,16)/t10-,13-/m1/s1. The van der Waals surface area contributed by atoms with E-state index in [1.807, 2.05) is 6.92 Å². The molecule has 1 fully saturated rings. The number of aromatic nitrogens is 2. The van der Waals surface area contributed by atoms with Gasteiger partial charge in [0.25, 0.3) is 5.91 Å². The number of likely N-dealkylation sites (tertiary alicyclic amines) is 1. The molecular weight excluding hydrogens is 260 g/mol. The molecule has 0 unspecified atom stereocenters. The molecule has 1 aromatic heterocycles. The van der Waals surface area contributed by atoms with Crippen LogP contribution in [0, 0.1) is 5.41 Å². The molecule has 0 bridgehead atoms. The molecule has 1 aliphatic rings. The summed E-state index contributed by atoms with van der Waals surface area (Å²) >= 11 is 0. The third-order valence-corrected chi connectivity index (χ3v) is 4.16. The van der Waals surface area contributed by atoms with Crippen LogP contribution in [0.25, 0.3) is 0 Å². The lowest BCUT2D eigenvalue weighted by molar-refractivity contribution is -0.0714. The number of nitrogens with zero attached hydrogens (tertiary/aromatic N) is 2. The number of piperidine rings is 1. The van der Waals surface area contributed by atoms with E-state index < -0.39 is 11.5 Å². The van der Waals surface area contributed by atoms with E-state index in [1.54, 1.807) is 4.90 Å². The van der Waals surface area contributed by atoms with Gasteiger partial charge in [0.05, 0.1) is 12.7 Å². The second kappa shape index (κ2) is 5.80. The maximum Gasteiger partial charge on any atom is 0.272 e. The van der Waals surface area contributed by atoms with Crippen molar-refractivity contribution in [3.63, 3.8) is 0 Å². The largest absolute Gasteiger partial charge is 0.396 e. The predicted molar refractivity (Wildman–Crippen MR) is 74.0 cm³/mol. The number of nitrogen functional groups attached to an aromatic ring is 1. The molecular formula is C13H22N4O3. The van der Waals surface area contributed by atoms with E-state index in [4.69, 9.17) is 5.73 Å². The monoisotopic (exact) mass is 282 g/mol. The summed E-state index contributed by atoms with van der Waals surface area (Å²) in [4.78, 5) is 13.8. The van der Waals surface area contributed by atoms with Crippen LogP contribution in [0.5, 0.6) is 0 Å². The fourth-order valence-corrected chi connectivity index (χ4v) is 2.87. The molecule has 0 aliphatic carbocycles. The Kier molecular flexibility index (Phi) is 4.29. The molecule has 2 heterocycles. The Hall–Kier alpha value is -1.60. The van der Waals surface area contributed by atoms with Crippen LogP contribution in [0.4, 0.5) is 5.82 Å². The Morgan fingerprint density at radius 2 is 2.45 bits per heavy atom. The van der Waals surface area contributed by atoms with E-state index in [2.05, 4.69) is 10.2 Å². The summed E-state index contributed by atoms with van der Waals surface area (Å²) in [6, 6.07) is 1.48. The number of nitrogens with two attached hydrogens (primary N) is 1. The molecule has 0 aromatic carbocycles. The topological polar surface area (TPSA) is 115 Å². The van der Waals surface area contributed by atoms with Gasteiger partial charge in [-0.15, -0.1) is 0 Å². The normalized spacial score (nSPS) is 26.8. The van der Waals surface area contributed by atoms with Gasteiger partial charge in [0, 0.05) is 24.6 Å². The number of H-pyrrole nitrogens is 1. The Balaban J connectivity index is 2.07. The molecule has 1 aromatic rings. The number of aromatic amines is 1. The number of anilines is 1. The first kappa shape index (κ1) is 14.8. The highest BCUT2D eigenvalue weighted by molar-refractivity contribution is 5.93. The number of aliphatic hydroxyl groups is 2. The molecule has 7 nitrogen and oxygen atoms in total. The van der Waals surface area contributed by atoms with Gasteiger partial charge in [0.15, 0.2) is 0 Å². The Bertz CT molecular complexity index is 476. The van der Waals surface area contributed by atoms with Crippen LogP contribution in [0.2, 0.25) is 0 Å². The Morgan fingerprint density at radius 1 is 1.70 bits per heavy atom. The number of nitrogens with one attached hydrogen (secondary N) is 1. The number of hydrogen-bond donors (Lipinski definition) is 4. The summed E-state index contributed by atoms with van der Waals surface area (Å²) < 4.78 is 0. The third-order valence-electron chi connectivity index (χ3n) is 4.16. The highest BCUT2D eigenvalue weighted by Gasteiger charge is 2.42. The number of amides is 1. The van der Waals surface area contributed by atoms with Gasteiger partial charge in [-0.1, -0.05) is 13.3 Å². The Labute approximate surface area is 117 Å². The maximum atomic E-state index is 12.2. The molecule has 7 heteroatoms. The second-order valence-electron chi connectivity index (χ2n) is 5.49. The van der Waals surface area contributed by atoms with Gasteiger partial charge in [-0.2, -0.15) is 5.10 Å². The molecule has 1 saturated heterocycles. The van der Waals surface area contributed by atoms with Crippen LogP contribution in [0.1, 0.15) is 36.7 Å². The van der Waals surface area contributed by atoms with Gasteiger partial charge in [-0.25, -0.2) is 0 Å². The zero-order valence-corrected chi connectivity index (χ0v) is 11.7. The molecule has 0 radical (unpaired) electrons. The first-order valence-electron chi connectivity index (χ1n) is 6.91. The number of β-amino-alcohol motifs (C(OH)–C–C–N with tert-alkyl or cyclic N) is 1. The predicted octanol–water partition coefficient (Wildman–Crippen LogP) is -0.0225. The number of carbonyl (C=O) groups excluding carboxylic acids is 1. The molecule has 1 amide bonds. The van der Waals surface area contributed by atoms with E-state index in [0.717, 1.165) is 12.8 Å². The van der Waals surface area contributed by atoms with E-state index in [1.165, 1.54) is 6.07 Å². The average molecular weight is 282 g/mol. The van der Waals surface area contributed by atoms with Gasteiger partial charge in [0.1, 0.15) is 11.5 Å². The fourth-order valence-electron chi connectivity index (χ4n) is 2.87. The van der Waals surface area contributed by atoms with Crippen LogP contribution in [0.3, 0.4) is 0 Å². The van der Waals surface area contributed by atoms with Crippen molar-refractivity contribution in [2.45, 2.75) is 32.3 Å². The zero-order valence-electron chi connectivity index (χ0n) is 11.7. The van der Waals surface area contributed by atoms with E-state index in [9.17, 15) is 15.0 Å². The average Bonchev–Trinajstić information content (AvgIpc) is 2.87. The summed E-state index contributed by atoms with van der Waals surface area (Å²) in [6.45, 7) is 2.70. The molecule has 2 atom stereocenters. The lowest BCUT2D eigenvalue weighted by Gasteiger charge is -2.44. The summed E-state index contributed by atoms with van der Waals surface area (Å²) in [5.41, 5.74) is 5.32. The molecule has 112 valence electrons. The molecule has 5 N–H and O–H groups in total. The van der Waals surface area contributed by atoms with E-state index in [0.29, 0.717) is 18.7 Å². The number of rotatable bonds is 4. The minimum atomic E-state index is -0.717. The Morgan fingerprint density at radius 3 is 2.95 bits per heavy atom. The van der Waals surface area contributed by atoms with Crippen molar-refractivity contribution in [3.8, 4) is 0 Å². The van der Waals surface area contributed by atoms with Crippen molar-refractivity contribution in [2.75, 3.05) is 25.4 Å². The van der Waals surface area contributed by atoms with Crippen molar-refractivity contribution in [1.82, 2.24) is 15.1 Å². The zero-order chi connectivity index (χ0) is 14.8. The molecule has 1 aliphatic heterocycles. The highest BCUT2D eigenvalue weighted by Crippen LogP contribution is 2.36. The number of hydrogen-bond acceptors (Lipinski definition) is 5. The number of carbonyl (C=O) groups is 1. The van der Waals surface area contributed by atoms with Crippen LogP contribution >= 0.6 is 0 Å². The fraction of sp³-hybridized carbons (Fsp3) is 0.692. The second-order valence-corrected chi connectivity index (χ2v) is 5.49. The van der Waals surface area contributed by atoms with Gasteiger partial charge in [-0.3, -0.25) is 9.89 Å². The molecule has 2 rings (SSSR count). The van der Waals surface area contributed by atoms with Crippen LogP contribution in [-0.2, 0) is 0 Å². The van der Waals surface area contributed by atoms with Crippen molar-refractivity contribution < 1.29 is 15.0 Å². The van der Waals surface area contributed by atoms with Crippen molar-refractivity contribution in [1.29, 1.82) is 0 Å². The van der Waals surface area contributed by atoms with Crippen LogP contribution in [-0.4, -0.2) is 57.0 Å².